The van der Waals surface area contributed by atoms with Gasteiger partial charge in [0.05, 0.1) is 13.7 Å². The number of ether oxygens (including phenoxy) is 1. The van der Waals surface area contributed by atoms with Gasteiger partial charge in [-0.2, -0.15) is 0 Å². The van der Waals surface area contributed by atoms with Gasteiger partial charge in [-0.05, 0) is 5.92 Å². The van der Waals surface area contributed by atoms with Crippen LogP contribution in [0.3, 0.4) is 0 Å². The predicted molar refractivity (Wildman–Crippen MR) is 52.7 cm³/mol. The Morgan fingerprint density at radius 1 is 1.36 bits per heavy atom. The first-order valence-electron chi connectivity index (χ1n) is 4.54. The first-order valence-corrected chi connectivity index (χ1v) is 4.54. The number of hydrogen-bond donors (Lipinski definition) is 2. The number of esters is 1. The van der Waals surface area contributed by atoms with E-state index < -0.39 is 6.04 Å². The van der Waals surface area contributed by atoms with Crippen LogP contribution in [0.25, 0.3) is 0 Å². The monoisotopic (exact) mass is 202 g/mol. The molecule has 0 aromatic heterocycles. The summed E-state index contributed by atoms with van der Waals surface area (Å²) in [6.07, 6.45) is 0. The highest BCUT2D eigenvalue weighted by Gasteiger charge is 2.22. The van der Waals surface area contributed by atoms with Crippen molar-refractivity contribution in [2.45, 2.75) is 19.9 Å². The van der Waals surface area contributed by atoms with Crippen molar-refractivity contribution in [3.63, 3.8) is 0 Å². The Labute approximate surface area is 84.2 Å². The van der Waals surface area contributed by atoms with E-state index in [-0.39, 0.29) is 24.3 Å². The first-order chi connectivity index (χ1) is 6.52. The Balaban J connectivity index is 4.11. The van der Waals surface area contributed by atoms with Crippen molar-refractivity contribution in [3.05, 3.63) is 0 Å². The Morgan fingerprint density at radius 2 is 1.93 bits per heavy atom. The van der Waals surface area contributed by atoms with Crippen LogP contribution in [-0.2, 0) is 14.3 Å². The van der Waals surface area contributed by atoms with Crippen molar-refractivity contribution in [1.82, 2.24) is 10.6 Å². The number of methoxy groups -OCH3 is 1. The van der Waals surface area contributed by atoms with Crippen LogP contribution in [0.4, 0.5) is 0 Å². The minimum absolute atomic E-state index is 0.0899. The summed E-state index contributed by atoms with van der Waals surface area (Å²) in [6.45, 7) is 3.89. The fourth-order valence-corrected chi connectivity index (χ4v) is 1.01. The van der Waals surface area contributed by atoms with Gasteiger partial charge in [-0.3, -0.25) is 14.9 Å². The molecule has 5 heteroatoms. The maximum Gasteiger partial charge on any atom is 0.323 e. The van der Waals surface area contributed by atoms with Crippen LogP contribution in [0.2, 0.25) is 0 Å². The predicted octanol–water partition coefficient (Wildman–Crippen LogP) is -0.480. The number of likely N-dealkylation sites (N-methyl/N-ethyl adjacent to an activating group) is 1. The molecule has 0 rings (SSSR count). The molecule has 82 valence electrons. The molecule has 5 nitrogen and oxygen atoms in total. The lowest BCUT2D eigenvalue weighted by atomic mass is 10.0. The number of amides is 1. The second-order valence-corrected chi connectivity index (χ2v) is 3.30. The molecule has 0 saturated heterocycles. The van der Waals surface area contributed by atoms with Crippen LogP contribution in [-0.4, -0.2) is 38.6 Å². The molecule has 0 aliphatic rings. The summed E-state index contributed by atoms with van der Waals surface area (Å²) in [5, 5.41) is 5.30. The second-order valence-electron chi connectivity index (χ2n) is 3.30. The maximum atomic E-state index is 11.2. The van der Waals surface area contributed by atoms with Crippen molar-refractivity contribution in [3.8, 4) is 0 Å². The number of rotatable bonds is 5. The molecular formula is C9H18N2O3. The highest BCUT2D eigenvalue weighted by atomic mass is 16.5. The van der Waals surface area contributed by atoms with E-state index in [0.717, 1.165) is 0 Å². The maximum absolute atomic E-state index is 11.2. The summed E-state index contributed by atoms with van der Waals surface area (Å²) in [5.41, 5.74) is 0. The van der Waals surface area contributed by atoms with E-state index in [1.165, 1.54) is 7.11 Å². The van der Waals surface area contributed by atoms with Crippen molar-refractivity contribution < 1.29 is 14.3 Å². The molecule has 0 aromatic rings. The largest absolute Gasteiger partial charge is 0.468 e. The third-order valence-electron chi connectivity index (χ3n) is 1.88. The average Bonchev–Trinajstić information content (AvgIpc) is 2.16. The molecule has 0 aliphatic heterocycles. The SMILES string of the molecule is CNC(=O)CNC(C(=O)OC)C(C)C. The molecule has 0 fully saturated rings. The van der Waals surface area contributed by atoms with Gasteiger partial charge < -0.3 is 10.1 Å². The van der Waals surface area contributed by atoms with Gasteiger partial charge in [-0.25, -0.2) is 0 Å². The molecule has 0 aliphatic carbocycles. The highest BCUT2D eigenvalue weighted by Crippen LogP contribution is 2.02. The number of carbonyl (C=O) groups is 2. The summed E-state index contributed by atoms with van der Waals surface area (Å²) in [4.78, 5) is 22.2. The van der Waals surface area contributed by atoms with E-state index >= 15 is 0 Å². The third-order valence-corrected chi connectivity index (χ3v) is 1.88. The Bertz CT molecular complexity index is 204. The number of nitrogens with one attached hydrogen (secondary N) is 2. The smallest absolute Gasteiger partial charge is 0.323 e. The van der Waals surface area contributed by atoms with Gasteiger partial charge in [0.1, 0.15) is 6.04 Å². The molecule has 1 amide bonds. The number of hydrogen-bond acceptors (Lipinski definition) is 4. The van der Waals surface area contributed by atoms with E-state index in [4.69, 9.17) is 0 Å². The van der Waals surface area contributed by atoms with E-state index in [2.05, 4.69) is 15.4 Å². The summed E-state index contributed by atoms with van der Waals surface area (Å²) >= 11 is 0. The first kappa shape index (κ1) is 12.9. The zero-order valence-electron chi connectivity index (χ0n) is 9.09. The van der Waals surface area contributed by atoms with Crippen molar-refractivity contribution in [2.75, 3.05) is 20.7 Å². The average molecular weight is 202 g/mol. The molecule has 0 bridgehead atoms. The van der Waals surface area contributed by atoms with Gasteiger partial charge in [-0.1, -0.05) is 13.8 Å². The minimum Gasteiger partial charge on any atom is -0.468 e. The Hall–Kier alpha value is -1.10. The van der Waals surface area contributed by atoms with Gasteiger partial charge in [-0.15, -0.1) is 0 Å². The van der Waals surface area contributed by atoms with Crippen LogP contribution in [0.15, 0.2) is 0 Å². The molecule has 0 heterocycles. The molecule has 2 N–H and O–H groups in total. The van der Waals surface area contributed by atoms with Crippen LogP contribution < -0.4 is 10.6 Å². The van der Waals surface area contributed by atoms with E-state index in [1.807, 2.05) is 13.8 Å². The van der Waals surface area contributed by atoms with Gasteiger partial charge in [0.15, 0.2) is 0 Å². The molecular weight excluding hydrogens is 184 g/mol. The lowest BCUT2D eigenvalue weighted by Crippen LogP contribution is -2.45. The van der Waals surface area contributed by atoms with Gasteiger partial charge >= 0.3 is 5.97 Å². The summed E-state index contributed by atoms with van der Waals surface area (Å²) in [7, 11) is 2.88. The van der Waals surface area contributed by atoms with Crippen LogP contribution in [0.1, 0.15) is 13.8 Å². The van der Waals surface area contributed by atoms with Crippen LogP contribution >= 0.6 is 0 Å². The Kier molecular flexibility index (Phi) is 5.87. The zero-order valence-corrected chi connectivity index (χ0v) is 9.09. The fraction of sp³-hybridized carbons (Fsp3) is 0.778. The molecule has 0 saturated carbocycles. The van der Waals surface area contributed by atoms with E-state index in [0.29, 0.717) is 0 Å². The fourth-order valence-electron chi connectivity index (χ4n) is 1.01. The minimum atomic E-state index is -0.433. The lowest BCUT2D eigenvalue weighted by molar-refractivity contribution is -0.144. The Morgan fingerprint density at radius 3 is 2.29 bits per heavy atom. The lowest BCUT2D eigenvalue weighted by Gasteiger charge is -2.19. The molecule has 0 radical (unpaired) electrons. The summed E-state index contributed by atoms with van der Waals surface area (Å²) < 4.78 is 4.61. The van der Waals surface area contributed by atoms with Crippen molar-refractivity contribution in [2.24, 2.45) is 5.92 Å². The summed E-state index contributed by atoms with van der Waals surface area (Å²) in [6, 6.07) is -0.433. The van der Waals surface area contributed by atoms with Crippen molar-refractivity contribution >= 4 is 11.9 Å². The molecule has 1 unspecified atom stereocenters. The number of carbonyl (C=O) groups excluding carboxylic acids is 2. The molecule has 0 spiro atoms. The standard InChI is InChI=1S/C9H18N2O3/c1-6(2)8(9(13)14-4)11-5-7(12)10-3/h6,8,11H,5H2,1-4H3,(H,10,12). The summed E-state index contributed by atoms with van der Waals surface area (Å²) in [5.74, 6) is -0.407. The second kappa shape index (κ2) is 6.37. The van der Waals surface area contributed by atoms with Gasteiger partial charge in [0, 0.05) is 7.05 Å². The zero-order chi connectivity index (χ0) is 11.1. The van der Waals surface area contributed by atoms with Crippen LogP contribution in [0, 0.1) is 5.92 Å². The third kappa shape index (κ3) is 4.23. The topological polar surface area (TPSA) is 67.4 Å². The van der Waals surface area contributed by atoms with Gasteiger partial charge in [0.2, 0.25) is 5.91 Å². The quantitative estimate of drug-likeness (QED) is 0.591. The van der Waals surface area contributed by atoms with Crippen molar-refractivity contribution in [1.29, 1.82) is 0 Å². The molecule has 1 atom stereocenters. The van der Waals surface area contributed by atoms with Gasteiger partial charge in [0.25, 0.3) is 0 Å². The normalized spacial score (nSPS) is 12.4. The molecule has 0 aromatic carbocycles. The van der Waals surface area contributed by atoms with E-state index in [9.17, 15) is 9.59 Å². The molecule has 14 heavy (non-hydrogen) atoms. The van der Waals surface area contributed by atoms with E-state index in [1.54, 1.807) is 7.05 Å². The highest BCUT2D eigenvalue weighted by molar-refractivity contribution is 5.80. The van der Waals surface area contributed by atoms with Crippen LogP contribution in [0.5, 0.6) is 0 Å².